The lowest BCUT2D eigenvalue weighted by molar-refractivity contribution is -0.121. The summed E-state index contributed by atoms with van der Waals surface area (Å²) in [4.78, 5) is 37.0. The Morgan fingerprint density at radius 1 is 1.17 bits per heavy atom. The molecule has 2 amide bonds. The van der Waals surface area contributed by atoms with E-state index < -0.39 is 12.1 Å². The minimum Gasteiger partial charge on any atom is -0.445 e. The van der Waals surface area contributed by atoms with E-state index >= 15 is 0 Å². The third-order valence-corrected chi connectivity index (χ3v) is 7.11. The van der Waals surface area contributed by atoms with Gasteiger partial charge in [0.25, 0.3) is 0 Å². The topological polar surface area (TPSA) is 132 Å². The molecule has 2 N–H and O–H groups in total. The van der Waals surface area contributed by atoms with Crippen molar-refractivity contribution in [1.29, 1.82) is 0 Å². The molecular weight excluding hydrogens is 546 g/mol. The van der Waals surface area contributed by atoms with Crippen LogP contribution in [0.4, 0.5) is 10.7 Å². The molecule has 1 atom stereocenters. The molecule has 13 heteroatoms. The van der Waals surface area contributed by atoms with E-state index in [4.69, 9.17) is 31.4 Å². The van der Waals surface area contributed by atoms with Gasteiger partial charge < -0.3 is 20.3 Å². The SMILES string of the molecule is CC(C)n1cc(-c2nc3c4cccc(Cl)c4nc(N[C@@H]4CN(C(=O)OCc5ccccc5)CCNC4=O)n3n2)cn1. The molecule has 1 saturated heterocycles. The van der Waals surface area contributed by atoms with Gasteiger partial charge in [0.15, 0.2) is 11.5 Å². The Morgan fingerprint density at radius 3 is 2.78 bits per heavy atom. The summed E-state index contributed by atoms with van der Waals surface area (Å²) in [5.41, 5.74) is 2.64. The zero-order valence-corrected chi connectivity index (χ0v) is 23.2. The highest BCUT2D eigenvalue weighted by Crippen LogP contribution is 2.29. The van der Waals surface area contributed by atoms with E-state index in [1.165, 1.54) is 4.90 Å². The lowest BCUT2D eigenvalue weighted by atomic mass is 10.2. The molecule has 0 saturated carbocycles. The highest BCUT2D eigenvalue weighted by molar-refractivity contribution is 6.35. The minimum atomic E-state index is -0.839. The monoisotopic (exact) mass is 573 g/mol. The highest BCUT2D eigenvalue weighted by Gasteiger charge is 2.30. The Bertz CT molecular complexity index is 1730. The van der Waals surface area contributed by atoms with Gasteiger partial charge in [0.2, 0.25) is 11.9 Å². The maximum Gasteiger partial charge on any atom is 0.410 e. The van der Waals surface area contributed by atoms with Crippen molar-refractivity contribution in [3.63, 3.8) is 0 Å². The lowest BCUT2D eigenvalue weighted by Gasteiger charge is -2.23. The van der Waals surface area contributed by atoms with E-state index in [1.54, 1.807) is 16.8 Å². The van der Waals surface area contributed by atoms with E-state index in [1.807, 2.05) is 67.2 Å². The number of halogens is 1. The molecule has 0 spiro atoms. The standard InChI is InChI=1S/C28H28ClN9O3/c1-17(2)37-14-19(13-31-37)24-34-25-20-9-6-10-21(29)23(20)33-27(38(25)35-24)32-22-15-36(12-11-30-26(22)39)28(40)41-16-18-7-4-3-5-8-18/h3-10,13-14,17,22H,11-12,15-16H2,1-2H3,(H,30,39)(H,32,33)/t22-/m1/s1. The Morgan fingerprint density at radius 2 is 2.00 bits per heavy atom. The van der Waals surface area contributed by atoms with Crippen LogP contribution in [0.15, 0.2) is 60.9 Å². The Kier molecular flexibility index (Phi) is 7.14. The van der Waals surface area contributed by atoms with Gasteiger partial charge in [-0.25, -0.2) is 14.8 Å². The van der Waals surface area contributed by atoms with Crippen molar-refractivity contribution in [3.8, 4) is 11.4 Å². The molecule has 0 bridgehead atoms. The number of carbonyl (C=O) groups is 2. The molecule has 0 aliphatic carbocycles. The van der Waals surface area contributed by atoms with Crippen LogP contribution in [0.5, 0.6) is 0 Å². The van der Waals surface area contributed by atoms with Crippen molar-refractivity contribution in [2.75, 3.05) is 25.0 Å². The van der Waals surface area contributed by atoms with Gasteiger partial charge in [-0.15, -0.1) is 5.10 Å². The molecule has 4 heterocycles. The minimum absolute atomic E-state index is 0.0614. The molecular formula is C28H28ClN9O3. The fraction of sp³-hybridized carbons (Fsp3) is 0.286. The summed E-state index contributed by atoms with van der Waals surface area (Å²) in [6.07, 6.45) is 3.08. The number of carbonyl (C=O) groups excluding carboxylic acids is 2. The number of para-hydroxylation sites is 1. The zero-order chi connectivity index (χ0) is 28.5. The van der Waals surface area contributed by atoms with Crippen molar-refractivity contribution in [2.24, 2.45) is 0 Å². The van der Waals surface area contributed by atoms with Crippen LogP contribution in [0.3, 0.4) is 0 Å². The van der Waals surface area contributed by atoms with Crippen LogP contribution in [0.2, 0.25) is 5.02 Å². The lowest BCUT2D eigenvalue weighted by Crippen LogP contribution is -2.44. The number of hydrogen-bond acceptors (Lipinski definition) is 8. The normalized spacial score (nSPS) is 15.8. The smallest absolute Gasteiger partial charge is 0.410 e. The van der Waals surface area contributed by atoms with Crippen LogP contribution in [-0.2, 0) is 16.1 Å². The first kappa shape index (κ1) is 26.5. The molecule has 210 valence electrons. The van der Waals surface area contributed by atoms with Crippen molar-refractivity contribution < 1.29 is 14.3 Å². The number of rotatable bonds is 6. The van der Waals surface area contributed by atoms with E-state index in [-0.39, 0.29) is 37.6 Å². The molecule has 2 aromatic carbocycles. The van der Waals surface area contributed by atoms with Crippen LogP contribution in [0.25, 0.3) is 27.9 Å². The molecule has 12 nitrogen and oxygen atoms in total. The van der Waals surface area contributed by atoms with Crippen molar-refractivity contribution >= 4 is 46.1 Å². The fourth-order valence-electron chi connectivity index (χ4n) is 4.62. The molecule has 1 fully saturated rings. The van der Waals surface area contributed by atoms with Crippen LogP contribution in [0, 0.1) is 0 Å². The number of aromatic nitrogens is 6. The molecule has 0 radical (unpaired) electrons. The third-order valence-electron chi connectivity index (χ3n) is 6.81. The van der Waals surface area contributed by atoms with Gasteiger partial charge in [-0.05, 0) is 31.5 Å². The largest absolute Gasteiger partial charge is 0.445 e. The van der Waals surface area contributed by atoms with Gasteiger partial charge in [-0.3, -0.25) is 9.48 Å². The highest BCUT2D eigenvalue weighted by atomic mass is 35.5. The fourth-order valence-corrected chi connectivity index (χ4v) is 4.84. The number of nitrogens with zero attached hydrogens (tertiary/aromatic N) is 7. The number of hydrogen-bond donors (Lipinski definition) is 2. The number of amides is 2. The van der Waals surface area contributed by atoms with Gasteiger partial charge in [-0.2, -0.15) is 9.61 Å². The summed E-state index contributed by atoms with van der Waals surface area (Å²) in [5, 5.41) is 16.3. The molecule has 3 aromatic heterocycles. The van der Waals surface area contributed by atoms with Crippen molar-refractivity contribution in [3.05, 3.63) is 71.5 Å². The zero-order valence-electron chi connectivity index (χ0n) is 22.5. The summed E-state index contributed by atoms with van der Waals surface area (Å²) >= 11 is 6.53. The van der Waals surface area contributed by atoms with E-state index in [0.717, 1.165) is 11.1 Å². The third kappa shape index (κ3) is 5.38. The summed E-state index contributed by atoms with van der Waals surface area (Å²) in [6.45, 7) is 4.86. The number of ether oxygens (including phenoxy) is 1. The molecule has 0 unspecified atom stereocenters. The van der Waals surface area contributed by atoms with E-state index in [0.29, 0.717) is 33.9 Å². The Labute approximate surface area is 240 Å². The average molecular weight is 574 g/mol. The maximum absolute atomic E-state index is 13.1. The van der Waals surface area contributed by atoms with Crippen LogP contribution in [-0.4, -0.2) is 71.9 Å². The van der Waals surface area contributed by atoms with Gasteiger partial charge >= 0.3 is 6.09 Å². The summed E-state index contributed by atoms with van der Waals surface area (Å²) in [7, 11) is 0. The maximum atomic E-state index is 13.1. The number of anilines is 1. The molecule has 1 aliphatic rings. The van der Waals surface area contributed by atoms with Crippen LogP contribution in [0.1, 0.15) is 25.5 Å². The number of fused-ring (bicyclic) bond motifs is 3. The quantitative estimate of drug-likeness (QED) is 0.312. The van der Waals surface area contributed by atoms with E-state index in [9.17, 15) is 9.59 Å². The van der Waals surface area contributed by atoms with Crippen LogP contribution >= 0.6 is 11.6 Å². The van der Waals surface area contributed by atoms with Gasteiger partial charge in [-0.1, -0.05) is 48.0 Å². The number of nitrogens with one attached hydrogen (secondary N) is 2. The predicted molar refractivity (Wildman–Crippen MR) is 154 cm³/mol. The number of benzene rings is 2. The molecule has 41 heavy (non-hydrogen) atoms. The van der Waals surface area contributed by atoms with Crippen molar-refractivity contribution in [2.45, 2.75) is 32.5 Å². The summed E-state index contributed by atoms with van der Waals surface area (Å²) in [6, 6.07) is 14.2. The second-order valence-electron chi connectivity index (χ2n) is 10.0. The molecule has 1 aliphatic heterocycles. The first-order chi connectivity index (χ1) is 19.9. The Balaban J connectivity index is 1.32. The van der Waals surface area contributed by atoms with Gasteiger partial charge in [0.05, 0.1) is 28.8 Å². The van der Waals surface area contributed by atoms with Crippen molar-refractivity contribution in [1.82, 2.24) is 39.6 Å². The Hall–Kier alpha value is -4.71. The van der Waals surface area contributed by atoms with Gasteiger partial charge in [0.1, 0.15) is 12.6 Å². The summed E-state index contributed by atoms with van der Waals surface area (Å²) < 4.78 is 8.90. The first-order valence-electron chi connectivity index (χ1n) is 13.3. The van der Waals surface area contributed by atoms with Crippen LogP contribution < -0.4 is 10.6 Å². The molecule has 5 aromatic rings. The van der Waals surface area contributed by atoms with E-state index in [2.05, 4.69) is 15.7 Å². The van der Waals surface area contributed by atoms with Gasteiger partial charge in [0, 0.05) is 30.7 Å². The summed E-state index contributed by atoms with van der Waals surface area (Å²) in [5.74, 6) is 0.428. The second kappa shape index (κ2) is 11.0. The first-order valence-corrected chi connectivity index (χ1v) is 13.6. The predicted octanol–water partition coefficient (Wildman–Crippen LogP) is 3.92. The molecule has 6 rings (SSSR count). The second-order valence-corrected chi connectivity index (χ2v) is 10.4. The average Bonchev–Trinajstić information content (AvgIpc) is 3.60.